The van der Waals surface area contributed by atoms with Gasteiger partial charge in [0.05, 0.1) is 11.8 Å². The van der Waals surface area contributed by atoms with E-state index >= 15 is 0 Å². The van der Waals surface area contributed by atoms with E-state index in [4.69, 9.17) is 0 Å². The molecular formula is C14H16FN3O. The summed E-state index contributed by atoms with van der Waals surface area (Å²) in [6, 6.07) is 5.93. The van der Waals surface area contributed by atoms with Crippen LogP contribution in [0.1, 0.15) is 28.5 Å². The maximum absolute atomic E-state index is 13.4. The van der Waals surface area contributed by atoms with Crippen molar-refractivity contribution in [3.05, 3.63) is 53.1 Å². The minimum absolute atomic E-state index is 0.0584. The van der Waals surface area contributed by atoms with Crippen molar-refractivity contribution in [2.45, 2.75) is 26.9 Å². The van der Waals surface area contributed by atoms with Crippen LogP contribution in [0.5, 0.6) is 0 Å². The molecule has 0 spiro atoms. The van der Waals surface area contributed by atoms with E-state index in [0.29, 0.717) is 6.54 Å². The topological polar surface area (TPSA) is 46.9 Å². The highest BCUT2D eigenvalue weighted by Crippen LogP contribution is 2.09. The van der Waals surface area contributed by atoms with Crippen LogP contribution in [-0.4, -0.2) is 15.7 Å². The molecule has 1 aromatic carbocycles. The molecule has 0 atom stereocenters. The lowest BCUT2D eigenvalue weighted by Gasteiger charge is -2.06. The summed E-state index contributed by atoms with van der Waals surface area (Å²) < 4.78 is 15.3. The number of halogens is 1. The number of amides is 1. The summed E-state index contributed by atoms with van der Waals surface area (Å²) in [5, 5.41) is 6.90. The third kappa shape index (κ3) is 2.81. The zero-order chi connectivity index (χ0) is 13.8. The summed E-state index contributed by atoms with van der Waals surface area (Å²) in [5.74, 6) is -0.928. The van der Waals surface area contributed by atoms with Crippen molar-refractivity contribution in [2.75, 3.05) is 0 Å². The van der Waals surface area contributed by atoms with Crippen molar-refractivity contribution in [3.8, 4) is 0 Å². The molecule has 2 rings (SSSR count). The fourth-order valence-corrected chi connectivity index (χ4v) is 1.89. The van der Waals surface area contributed by atoms with Gasteiger partial charge in [-0.1, -0.05) is 12.1 Å². The van der Waals surface area contributed by atoms with Gasteiger partial charge in [0, 0.05) is 24.3 Å². The third-order valence-corrected chi connectivity index (χ3v) is 3.06. The van der Waals surface area contributed by atoms with Crippen LogP contribution in [0, 0.1) is 12.7 Å². The van der Waals surface area contributed by atoms with E-state index in [1.165, 1.54) is 12.1 Å². The van der Waals surface area contributed by atoms with Crippen LogP contribution in [0.25, 0.3) is 0 Å². The molecule has 2 aromatic rings. The average molecular weight is 261 g/mol. The average Bonchev–Trinajstić information content (AvgIpc) is 2.77. The van der Waals surface area contributed by atoms with E-state index in [-0.39, 0.29) is 5.56 Å². The van der Waals surface area contributed by atoms with Crippen LogP contribution in [0.3, 0.4) is 0 Å². The molecule has 0 aliphatic heterocycles. The maximum atomic E-state index is 13.4. The second-order valence-corrected chi connectivity index (χ2v) is 4.23. The van der Waals surface area contributed by atoms with Crippen molar-refractivity contribution < 1.29 is 9.18 Å². The Morgan fingerprint density at radius 2 is 2.16 bits per heavy atom. The molecule has 4 nitrogen and oxygen atoms in total. The molecule has 0 saturated carbocycles. The second-order valence-electron chi connectivity index (χ2n) is 4.23. The van der Waals surface area contributed by atoms with Crippen molar-refractivity contribution in [2.24, 2.45) is 0 Å². The van der Waals surface area contributed by atoms with E-state index in [0.717, 1.165) is 17.8 Å². The highest BCUT2D eigenvalue weighted by molar-refractivity contribution is 5.94. The maximum Gasteiger partial charge on any atom is 0.254 e. The van der Waals surface area contributed by atoms with E-state index in [1.54, 1.807) is 18.3 Å². The third-order valence-electron chi connectivity index (χ3n) is 3.06. The van der Waals surface area contributed by atoms with Crippen LogP contribution < -0.4 is 5.32 Å². The number of carbonyl (C=O) groups excluding carboxylic acids is 1. The summed E-state index contributed by atoms with van der Waals surface area (Å²) >= 11 is 0. The Morgan fingerprint density at radius 3 is 2.79 bits per heavy atom. The number of hydrogen-bond acceptors (Lipinski definition) is 2. The lowest BCUT2D eigenvalue weighted by molar-refractivity contribution is 0.0947. The number of aromatic nitrogens is 2. The first-order valence-corrected chi connectivity index (χ1v) is 6.17. The molecular weight excluding hydrogens is 245 g/mol. The molecule has 0 saturated heterocycles. The zero-order valence-corrected chi connectivity index (χ0v) is 11.0. The van der Waals surface area contributed by atoms with Crippen LogP contribution in [-0.2, 0) is 13.1 Å². The zero-order valence-electron chi connectivity index (χ0n) is 11.0. The molecule has 1 heterocycles. The lowest BCUT2D eigenvalue weighted by atomic mass is 10.2. The highest BCUT2D eigenvalue weighted by atomic mass is 19.1. The van der Waals surface area contributed by atoms with E-state index < -0.39 is 11.7 Å². The summed E-state index contributed by atoms with van der Waals surface area (Å²) in [5.41, 5.74) is 2.01. The molecule has 1 amide bonds. The van der Waals surface area contributed by atoms with Gasteiger partial charge >= 0.3 is 0 Å². The number of aryl methyl sites for hydroxylation is 1. The van der Waals surface area contributed by atoms with Gasteiger partial charge in [-0.05, 0) is 26.0 Å². The molecule has 0 radical (unpaired) electrons. The lowest BCUT2D eigenvalue weighted by Crippen LogP contribution is -2.24. The molecule has 1 aromatic heterocycles. The fourth-order valence-electron chi connectivity index (χ4n) is 1.89. The van der Waals surface area contributed by atoms with Crippen molar-refractivity contribution in [1.29, 1.82) is 0 Å². The molecule has 5 heteroatoms. The summed E-state index contributed by atoms with van der Waals surface area (Å²) in [6.45, 7) is 5.08. The molecule has 0 bridgehead atoms. The molecule has 0 aliphatic rings. The number of carbonyl (C=O) groups is 1. The van der Waals surface area contributed by atoms with E-state index in [1.807, 2.05) is 18.5 Å². The van der Waals surface area contributed by atoms with Crippen molar-refractivity contribution in [1.82, 2.24) is 15.1 Å². The Bertz CT molecular complexity index is 592. The van der Waals surface area contributed by atoms with Crippen molar-refractivity contribution in [3.63, 3.8) is 0 Å². The first kappa shape index (κ1) is 13.3. The van der Waals surface area contributed by atoms with Gasteiger partial charge < -0.3 is 5.32 Å². The predicted molar refractivity (Wildman–Crippen MR) is 70.2 cm³/mol. The van der Waals surface area contributed by atoms with Gasteiger partial charge in [-0.15, -0.1) is 0 Å². The fraction of sp³-hybridized carbons (Fsp3) is 0.286. The van der Waals surface area contributed by atoms with Crippen LogP contribution in [0.4, 0.5) is 4.39 Å². The van der Waals surface area contributed by atoms with Gasteiger partial charge in [-0.3, -0.25) is 9.48 Å². The number of nitrogens with zero attached hydrogens (tertiary/aromatic N) is 2. The predicted octanol–water partition coefficient (Wildman–Crippen LogP) is 2.28. The first-order chi connectivity index (χ1) is 9.13. The summed E-state index contributed by atoms with van der Waals surface area (Å²) in [4.78, 5) is 11.8. The molecule has 19 heavy (non-hydrogen) atoms. The smallest absolute Gasteiger partial charge is 0.254 e. The Morgan fingerprint density at radius 1 is 1.42 bits per heavy atom. The standard InChI is InChI=1S/C14H16FN3O/c1-3-18-10(2)11(9-17-18)8-16-14(19)12-6-4-5-7-13(12)15/h4-7,9H,3,8H2,1-2H3,(H,16,19). The largest absolute Gasteiger partial charge is 0.348 e. The molecule has 0 fully saturated rings. The normalized spacial score (nSPS) is 10.5. The van der Waals surface area contributed by atoms with Crippen molar-refractivity contribution >= 4 is 5.91 Å². The minimum atomic E-state index is -0.513. The Labute approximate surface area is 111 Å². The SMILES string of the molecule is CCn1ncc(CNC(=O)c2ccccc2F)c1C. The Balaban J connectivity index is 2.05. The Hall–Kier alpha value is -2.17. The molecule has 0 aliphatic carbocycles. The number of nitrogens with one attached hydrogen (secondary N) is 1. The van der Waals surface area contributed by atoms with Gasteiger partial charge in [0.15, 0.2) is 0 Å². The van der Waals surface area contributed by atoms with Gasteiger partial charge in [0.2, 0.25) is 0 Å². The van der Waals surface area contributed by atoms with E-state index in [9.17, 15) is 9.18 Å². The number of hydrogen-bond donors (Lipinski definition) is 1. The monoisotopic (exact) mass is 261 g/mol. The first-order valence-electron chi connectivity index (χ1n) is 6.17. The van der Waals surface area contributed by atoms with Gasteiger partial charge in [0.1, 0.15) is 5.82 Å². The minimum Gasteiger partial charge on any atom is -0.348 e. The van der Waals surface area contributed by atoms with Crippen LogP contribution in [0.15, 0.2) is 30.5 Å². The number of rotatable bonds is 4. The van der Waals surface area contributed by atoms with Gasteiger partial charge in [-0.25, -0.2) is 4.39 Å². The quantitative estimate of drug-likeness (QED) is 0.917. The number of benzene rings is 1. The van der Waals surface area contributed by atoms with Gasteiger partial charge in [0.25, 0.3) is 5.91 Å². The van der Waals surface area contributed by atoms with E-state index in [2.05, 4.69) is 10.4 Å². The van der Waals surface area contributed by atoms with Gasteiger partial charge in [-0.2, -0.15) is 5.10 Å². The Kier molecular flexibility index (Phi) is 3.94. The molecule has 1 N–H and O–H groups in total. The van der Waals surface area contributed by atoms with Crippen LogP contribution >= 0.6 is 0 Å². The summed E-state index contributed by atoms with van der Waals surface area (Å²) in [6.07, 6.45) is 1.72. The molecule has 0 unspecified atom stereocenters. The second kappa shape index (κ2) is 5.65. The highest BCUT2D eigenvalue weighted by Gasteiger charge is 2.11. The summed E-state index contributed by atoms with van der Waals surface area (Å²) in [7, 11) is 0. The molecule has 100 valence electrons. The van der Waals surface area contributed by atoms with Crippen LogP contribution in [0.2, 0.25) is 0 Å².